The maximum atomic E-state index is 14.3. The number of aliphatic hydroxyl groups is 1. The molecule has 6 rings (SSSR count). The molecule has 41 heavy (non-hydrogen) atoms. The minimum Gasteiger partial charge on any atom is -0.497 e. The molecule has 2 N–H and O–H groups in total. The van der Waals surface area contributed by atoms with Crippen molar-refractivity contribution >= 4 is 11.7 Å². The number of hydrogen-bond donors (Lipinski definition) is 2. The van der Waals surface area contributed by atoms with E-state index < -0.39 is 34.6 Å². The number of aliphatic imine (C=N–C) groups is 1. The maximum Gasteiger partial charge on any atom is 0.254 e. The van der Waals surface area contributed by atoms with Crippen LogP contribution in [0.3, 0.4) is 0 Å². The predicted octanol–water partition coefficient (Wildman–Crippen LogP) is 3.34. The lowest BCUT2D eigenvalue weighted by Crippen LogP contribution is -2.62. The van der Waals surface area contributed by atoms with Crippen LogP contribution in [0.4, 0.5) is 0 Å². The Bertz CT molecular complexity index is 1530. The van der Waals surface area contributed by atoms with E-state index in [1.807, 2.05) is 54.6 Å². The van der Waals surface area contributed by atoms with Gasteiger partial charge in [0.25, 0.3) is 5.91 Å². The van der Waals surface area contributed by atoms with E-state index in [0.717, 1.165) is 10.6 Å². The van der Waals surface area contributed by atoms with Crippen LogP contribution in [0.1, 0.15) is 29.5 Å². The molecule has 1 spiro atoms. The molecule has 1 fully saturated rings. The van der Waals surface area contributed by atoms with Crippen molar-refractivity contribution in [1.82, 2.24) is 10.4 Å². The molecule has 5 atom stereocenters. The SMILES string of the molecule is COc1ccc(C23Oc4cc(OC)cc(OC)c4C24N=C(C)NC4(O)C(C(=O)N(C)OC)C3c2ccccc2)cc1. The van der Waals surface area contributed by atoms with Gasteiger partial charge >= 0.3 is 0 Å². The number of fused-ring (bicyclic) bond motifs is 1. The van der Waals surface area contributed by atoms with Crippen molar-refractivity contribution < 1.29 is 33.7 Å². The van der Waals surface area contributed by atoms with E-state index in [2.05, 4.69) is 5.32 Å². The van der Waals surface area contributed by atoms with Crippen molar-refractivity contribution in [2.45, 2.75) is 29.7 Å². The van der Waals surface area contributed by atoms with Gasteiger partial charge in [-0.1, -0.05) is 42.5 Å². The third-order valence-corrected chi connectivity index (χ3v) is 8.67. The Hall–Kier alpha value is -4.28. The van der Waals surface area contributed by atoms with E-state index in [-0.39, 0.29) is 0 Å². The second-order valence-corrected chi connectivity index (χ2v) is 10.5. The van der Waals surface area contributed by atoms with Gasteiger partial charge in [-0.3, -0.25) is 14.6 Å². The van der Waals surface area contributed by atoms with Crippen LogP contribution >= 0.6 is 0 Å². The molecular formula is C31H33N3O7. The fourth-order valence-electron chi connectivity index (χ4n) is 7.11. The average Bonchev–Trinajstić information content (AvgIpc) is 3.51. The minimum absolute atomic E-state index is 0.411. The van der Waals surface area contributed by atoms with Crippen LogP contribution in [0.2, 0.25) is 0 Å². The maximum absolute atomic E-state index is 14.3. The van der Waals surface area contributed by atoms with Crippen molar-refractivity contribution in [3.63, 3.8) is 0 Å². The number of ether oxygens (including phenoxy) is 4. The van der Waals surface area contributed by atoms with Crippen LogP contribution in [0.15, 0.2) is 71.7 Å². The summed E-state index contributed by atoms with van der Waals surface area (Å²) in [5, 5.41) is 17.4. The summed E-state index contributed by atoms with van der Waals surface area (Å²) in [6, 6.07) is 20.5. The fraction of sp³-hybridized carbons (Fsp3) is 0.355. The molecule has 3 aliphatic rings. The van der Waals surface area contributed by atoms with E-state index in [9.17, 15) is 9.90 Å². The Labute approximate surface area is 238 Å². The second-order valence-electron chi connectivity index (χ2n) is 10.5. The summed E-state index contributed by atoms with van der Waals surface area (Å²) in [6.07, 6.45) is 0. The number of rotatable bonds is 7. The van der Waals surface area contributed by atoms with Crippen molar-refractivity contribution in [2.75, 3.05) is 35.5 Å². The number of nitrogens with zero attached hydrogens (tertiary/aromatic N) is 2. The van der Waals surface area contributed by atoms with Crippen molar-refractivity contribution in [1.29, 1.82) is 0 Å². The van der Waals surface area contributed by atoms with Gasteiger partial charge in [0, 0.05) is 25.1 Å². The van der Waals surface area contributed by atoms with Crippen molar-refractivity contribution in [2.24, 2.45) is 10.9 Å². The van der Waals surface area contributed by atoms with Crippen LogP contribution < -0.4 is 24.3 Å². The molecule has 0 radical (unpaired) electrons. The van der Waals surface area contributed by atoms with Gasteiger partial charge in [0.2, 0.25) is 0 Å². The van der Waals surface area contributed by atoms with Gasteiger partial charge in [0.15, 0.2) is 16.9 Å². The van der Waals surface area contributed by atoms with Crippen molar-refractivity contribution in [3.8, 4) is 23.0 Å². The molecule has 2 aliphatic heterocycles. The molecular weight excluding hydrogens is 526 g/mol. The van der Waals surface area contributed by atoms with Gasteiger partial charge in [0.05, 0.1) is 39.8 Å². The van der Waals surface area contributed by atoms with Gasteiger partial charge < -0.3 is 29.4 Å². The first-order valence-electron chi connectivity index (χ1n) is 13.3. The lowest BCUT2D eigenvalue weighted by molar-refractivity contribution is -0.184. The average molecular weight is 560 g/mol. The van der Waals surface area contributed by atoms with Crippen LogP contribution in [0, 0.1) is 5.92 Å². The number of carbonyl (C=O) groups excluding carboxylic acids is 1. The number of nitrogens with one attached hydrogen (secondary N) is 1. The summed E-state index contributed by atoms with van der Waals surface area (Å²) in [5.74, 6) is 0.146. The molecule has 214 valence electrons. The largest absolute Gasteiger partial charge is 0.497 e. The molecule has 1 saturated carbocycles. The Kier molecular flexibility index (Phi) is 6.16. The Morgan fingerprint density at radius 1 is 0.976 bits per heavy atom. The first kappa shape index (κ1) is 26.9. The molecule has 10 heteroatoms. The molecule has 0 aromatic heterocycles. The zero-order valence-corrected chi connectivity index (χ0v) is 23.8. The Balaban J connectivity index is 1.79. The van der Waals surface area contributed by atoms with Crippen LogP contribution in [-0.2, 0) is 20.8 Å². The standard InChI is InChI=1S/C31H33N3O7/c1-18-32-30-26-23(39-5)16-22(38-4)17-24(26)41-29(30,20-12-14-21(37-3)15-13-20)25(19-10-8-7-9-11-19)27(31(30,36)33-18)28(35)34(2)40-6/h7-17,25,27,36H,1-6H3,(H,32,33). The summed E-state index contributed by atoms with van der Waals surface area (Å²) in [4.78, 5) is 24.9. The van der Waals surface area contributed by atoms with Crippen LogP contribution in [-0.4, -0.2) is 63.1 Å². The van der Waals surface area contributed by atoms with E-state index in [1.54, 1.807) is 40.4 Å². The third-order valence-electron chi connectivity index (χ3n) is 8.67. The van der Waals surface area contributed by atoms with E-state index in [0.29, 0.717) is 40.0 Å². The summed E-state index contributed by atoms with van der Waals surface area (Å²) in [6.45, 7) is 1.76. The van der Waals surface area contributed by atoms with Gasteiger partial charge in [-0.25, -0.2) is 5.06 Å². The van der Waals surface area contributed by atoms with E-state index >= 15 is 0 Å². The number of amides is 1. The summed E-state index contributed by atoms with van der Waals surface area (Å²) in [5.41, 5.74) is -2.98. The second kappa shape index (κ2) is 9.39. The highest BCUT2D eigenvalue weighted by Crippen LogP contribution is 2.75. The highest BCUT2D eigenvalue weighted by atomic mass is 16.7. The number of carbonyl (C=O) groups is 1. The highest BCUT2D eigenvalue weighted by molar-refractivity contribution is 5.91. The third kappa shape index (κ3) is 3.31. The smallest absolute Gasteiger partial charge is 0.254 e. The molecule has 5 unspecified atom stereocenters. The summed E-state index contributed by atoms with van der Waals surface area (Å²) >= 11 is 0. The molecule has 3 aromatic rings. The number of hydrogen-bond acceptors (Lipinski definition) is 9. The van der Waals surface area contributed by atoms with Gasteiger partial charge in [-0.05, 0) is 30.2 Å². The van der Waals surface area contributed by atoms with E-state index in [4.69, 9.17) is 28.8 Å². The van der Waals surface area contributed by atoms with Crippen LogP contribution in [0.25, 0.3) is 0 Å². The normalized spacial score (nSPS) is 28.9. The van der Waals surface area contributed by atoms with Gasteiger partial charge in [-0.2, -0.15) is 0 Å². The monoisotopic (exact) mass is 559 g/mol. The number of methoxy groups -OCH3 is 3. The minimum atomic E-state index is -1.96. The topological polar surface area (TPSA) is 111 Å². The lowest BCUT2D eigenvalue weighted by atomic mass is 9.68. The first-order valence-corrected chi connectivity index (χ1v) is 13.3. The molecule has 0 bridgehead atoms. The zero-order valence-electron chi connectivity index (χ0n) is 23.8. The van der Waals surface area contributed by atoms with Gasteiger partial charge in [-0.15, -0.1) is 0 Å². The molecule has 0 saturated heterocycles. The van der Waals surface area contributed by atoms with E-state index in [1.165, 1.54) is 14.2 Å². The lowest BCUT2D eigenvalue weighted by Gasteiger charge is -2.42. The Morgan fingerprint density at radius 2 is 1.66 bits per heavy atom. The molecule has 2 heterocycles. The predicted molar refractivity (Wildman–Crippen MR) is 150 cm³/mol. The fourth-order valence-corrected chi connectivity index (χ4v) is 7.11. The Morgan fingerprint density at radius 3 is 2.27 bits per heavy atom. The highest BCUT2D eigenvalue weighted by Gasteiger charge is 2.86. The summed E-state index contributed by atoms with van der Waals surface area (Å²) < 4.78 is 24.1. The molecule has 1 amide bonds. The first-order chi connectivity index (χ1) is 19.7. The molecule has 1 aliphatic carbocycles. The molecule has 10 nitrogen and oxygen atoms in total. The number of amidine groups is 1. The number of hydroxylamine groups is 2. The number of benzene rings is 3. The molecule has 3 aromatic carbocycles. The van der Waals surface area contributed by atoms with Crippen molar-refractivity contribution in [3.05, 3.63) is 83.4 Å². The van der Waals surface area contributed by atoms with Gasteiger partial charge in [0.1, 0.15) is 28.9 Å². The van der Waals surface area contributed by atoms with Crippen LogP contribution in [0.5, 0.6) is 23.0 Å². The zero-order chi connectivity index (χ0) is 29.2. The summed E-state index contributed by atoms with van der Waals surface area (Å²) in [7, 11) is 7.64. The quantitative estimate of drug-likeness (QED) is 0.424.